The van der Waals surface area contributed by atoms with Gasteiger partial charge in [-0.15, -0.1) is 10.2 Å². The van der Waals surface area contributed by atoms with E-state index in [-0.39, 0.29) is 6.61 Å². The van der Waals surface area contributed by atoms with Crippen molar-refractivity contribution >= 4 is 0 Å². The molecule has 1 aliphatic rings. The average Bonchev–Trinajstić information content (AvgIpc) is 2.65. The molecule has 0 bridgehead atoms. The van der Waals surface area contributed by atoms with E-state index in [1.54, 1.807) is 6.33 Å². The Morgan fingerprint density at radius 3 is 3.20 bits per heavy atom. The fraction of sp³-hybridized carbons (Fsp3) is 0.800. The zero-order chi connectivity index (χ0) is 10.7. The van der Waals surface area contributed by atoms with Gasteiger partial charge in [0.05, 0.1) is 0 Å². The van der Waals surface area contributed by atoms with E-state index in [9.17, 15) is 0 Å². The number of nitrogens with zero attached hydrogens (tertiary/aromatic N) is 4. The number of hydrogen-bond acceptors (Lipinski definition) is 4. The molecule has 0 spiro atoms. The molecule has 15 heavy (non-hydrogen) atoms. The average molecular weight is 210 g/mol. The minimum Gasteiger partial charge on any atom is -0.388 e. The molecule has 0 aromatic carbocycles. The van der Waals surface area contributed by atoms with E-state index < -0.39 is 0 Å². The van der Waals surface area contributed by atoms with E-state index in [2.05, 4.69) is 22.1 Å². The second-order valence-electron chi connectivity index (χ2n) is 4.33. The molecule has 1 fully saturated rings. The molecule has 2 rings (SSSR count). The Morgan fingerprint density at radius 2 is 2.47 bits per heavy atom. The molecule has 0 aliphatic carbocycles. The van der Waals surface area contributed by atoms with Crippen LogP contribution in [-0.4, -0.2) is 44.9 Å². The summed E-state index contributed by atoms with van der Waals surface area (Å²) in [6.07, 6.45) is 4.23. The summed E-state index contributed by atoms with van der Waals surface area (Å²) in [5.74, 6) is 1.33. The number of hydrogen-bond donors (Lipinski definition) is 1. The maximum atomic E-state index is 9.06. The predicted octanol–water partition coefficient (Wildman–Crippen LogP) is 0.112. The molecule has 1 aromatic heterocycles. The fourth-order valence-electron chi connectivity index (χ4n) is 2.25. The van der Waals surface area contributed by atoms with Gasteiger partial charge in [-0.3, -0.25) is 0 Å². The SMILES string of the molecule is CN1CCCC(Cn2cnnc2CO)C1. The lowest BCUT2D eigenvalue weighted by Gasteiger charge is -2.29. The molecule has 1 aromatic rings. The molecule has 0 amide bonds. The van der Waals surface area contributed by atoms with Crippen molar-refractivity contribution in [2.45, 2.75) is 26.0 Å². The van der Waals surface area contributed by atoms with E-state index in [4.69, 9.17) is 5.11 Å². The summed E-state index contributed by atoms with van der Waals surface area (Å²) in [5.41, 5.74) is 0. The smallest absolute Gasteiger partial charge is 0.158 e. The molecular formula is C10H18N4O. The molecule has 1 aliphatic heterocycles. The van der Waals surface area contributed by atoms with Gasteiger partial charge >= 0.3 is 0 Å². The lowest BCUT2D eigenvalue weighted by molar-refractivity contribution is 0.189. The lowest BCUT2D eigenvalue weighted by atomic mass is 9.98. The van der Waals surface area contributed by atoms with Crippen molar-refractivity contribution in [3.05, 3.63) is 12.2 Å². The number of rotatable bonds is 3. The number of aliphatic hydroxyl groups excluding tert-OH is 1. The molecule has 2 heterocycles. The number of piperidine rings is 1. The van der Waals surface area contributed by atoms with Crippen molar-refractivity contribution < 1.29 is 5.11 Å². The van der Waals surface area contributed by atoms with Crippen LogP contribution in [0, 0.1) is 5.92 Å². The van der Waals surface area contributed by atoms with Gasteiger partial charge in [0.25, 0.3) is 0 Å². The van der Waals surface area contributed by atoms with Gasteiger partial charge in [-0.25, -0.2) is 0 Å². The van der Waals surface area contributed by atoms with Crippen molar-refractivity contribution in [1.82, 2.24) is 19.7 Å². The number of aliphatic hydroxyl groups is 1. The first-order valence-corrected chi connectivity index (χ1v) is 5.45. The van der Waals surface area contributed by atoms with E-state index >= 15 is 0 Å². The van der Waals surface area contributed by atoms with Crippen LogP contribution in [0.1, 0.15) is 18.7 Å². The van der Waals surface area contributed by atoms with Gasteiger partial charge in [0.15, 0.2) is 5.82 Å². The highest BCUT2D eigenvalue weighted by Crippen LogP contribution is 2.17. The van der Waals surface area contributed by atoms with Crippen LogP contribution in [0.5, 0.6) is 0 Å². The van der Waals surface area contributed by atoms with Gasteiger partial charge in [-0.1, -0.05) is 0 Å². The number of aromatic nitrogens is 3. The van der Waals surface area contributed by atoms with E-state index in [0.717, 1.165) is 13.1 Å². The summed E-state index contributed by atoms with van der Waals surface area (Å²) in [6, 6.07) is 0. The molecule has 5 nitrogen and oxygen atoms in total. The topological polar surface area (TPSA) is 54.2 Å². The van der Waals surface area contributed by atoms with Crippen LogP contribution in [0.2, 0.25) is 0 Å². The van der Waals surface area contributed by atoms with Crippen molar-refractivity contribution in [2.75, 3.05) is 20.1 Å². The Labute approximate surface area is 89.7 Å². The Bertz CT molecular complexity index is 312. The lowest BCUT2D eigenvalue weighted by Crippen LogP contribution is -2.34. The third-order valence-corrected chi connectivity index (χ3v) is 3.01. The highest BCUT2D eigenvalue weighted by molar-refractivity contribution is 4.84. The Morgan fingerprint density at radius 1 is 1.60 bits per heavy atom. The summed E-state index contributed by atoms with van der Waals surface area (Å²) < 4.78 is 1.96. The highest BCUT2D eigenvalue weighted by atomic mass is 16.3. The predicted molar refractivity (Wildman–Crippen MR) is 56.2 cm³/mol. The van der Waals surface area contributed by atoms with E-state index in [1.807, 2.05) is 4.57 Å². The first-order chi connectivity index (χ1) is 7.29. The monoisotopic (exact) mass is 210 g/mol. The van der Waals surface area contributed by atoms with Gasteiger partial charge < -0.3 is 14.6 Å². The Balaban J connectivity index is 1.96. The van der Waals surface area contributed by atoms with Gasteiger partial charge in [-0.2, -0.15) is 0 Å². The Kier molecular flexibility index (Phi) is 3.33. The third kappa shape index (κ3) is 2.54. The maximum Gasteiger partial charge on any atom is 0.158 e. The quantitative estimate of drug-likeness (QED) is 0.769. The normalized spacial score (nSPS) is 23.2. The summed E-state index contributed by atoms with van der Waals surface area (Å²) in [5, 5.41) is 16.7. The van der Waals surface area contributed by atoms with Crippen LogP contribution < -0.4 is 0 Å². The summed E-state index contributed by atoms with van der Waals surface area (Å²) in [7, 11) is 2.16. The molecule has 0 saturated carbocycles. The minimum absolute atomic E-state index is 0.0252. The van der Waals surface area contributed by atoms with E-state index in [0.29, 0.717) is 11.7 Å². The molecule has 1 atom stereocenters. The molecule has 1 saturated heterocycles. The molecule has 84 valence electrons. The zero-order valence-electron chi connectivity index (χ0n) is 9.13. The van der Waals surface area contributed by atoms with E-state index in [1.165, 1.54) is 19.4 Å². The summed E-state index contributed by atoms with van der Waals surface area (Å²) in [4.78, 5) is 2.36. The molecular weight excluding hydrogens is 192 g/mol. The zero-order valence-corrected chi connectivity index (χ0v) is 9.13. The summed E-state index contributed by atoms with van der Waals surface area (Å²) >= 11 is 0. The van der Waals surface area contributed by atoms with Crippen LogP contribution in [0.3, 0.4) is 0 Å². The third-order valence-electron chi connectivity index (χ3n) is 3.01. The van der Waals surface area contributed by atoms with Crippen LogP contribution in [-0.2, 0) is 13.2 Å². The first-order valence-electron chi connectivity index (χ1n) is 5.45. The number of likely N-dealkylation sites (tertiary alicyclic amines) is 1. The van der Waals surface area contributed by atoms with Crippen LogP contribution in [0.4, 0.5) is 0 Å². The Hall–Kier alpha value is -0.940. The highest BCUT2D eigenvalue weighted by Gasteiger charge is 2.18. The maximum absolute atomic E-state index is 9.06. The second kappa shape index (κ2) is 4.72. The van der Waals surface area contributed by atoms with Crippen molar-refractivity contribution in [2.24, 2.45) is 5.92 Å². The molecule has 0 radical (unpaired) electrons. The molecule has 1 N–H and O–H groups in total. The molecule has 5 heteroatoms. The van der Waals surface area contributed by atoms with Gasteiger partial charge in [0, 0.05) is 13.1 Å². The van der Waals surface area contributed by atoms with Crippen LogP contribution in [0.15, 0.2) is 6.33 Å². The van der Waals surface area contributed by atoms with Gasteiger partial charge in [0.1, 0.15) is 12.9 Å². The minimum atomic E-state index is -0.0252. The second-order valence-corrected chi connectivity index (χ2v) is 4.33. The van der Waals surface area contributed by atoms with Crippen molar-refractivity contribution in [3.63, 3.8) is 0 Å². The van der Waals surface area contributed by atoms with Crippen LogP contribution >= 0.6 is 0 Å². The largest absolute Gasteiger partial charge is 0.388 e. The van der Waals surface area contributed by atoms with Crippen molar-refractivity contribution in [1.29, 1.82) is 0 Å². The van der Waals surface area contributed by atoms with Crippen LogP contribution in [0.25, 0.3) is 0 Å². The molecule has 1 unspecified atom stereocenters. The van der Waals surface area contributed by atoms with Gasteiger partial charge in [-0.05, 0) is 32.4 Å². The first kappa shape index (κ1) is 10.6. The standard InChI is InChI=1S/C10H18N4O/c1-13-4-2-3-9(5-13)6-14-8-11-12-10(14)7-15/h8-9,15H,2-7H2,1H3. The fourth-order valence-corrected chi connectivity index (χ4v) is 2.25. The summed E-state index contributed by atoms with van der Waals surface area (Å²) in [6.45, 7) is 3.23. The van der Waals surface area contributed by atoms with Gasteiger partial charge in [0.2, 0.25) is 0 Å². The van der Waals surface area contributed by atoms with Crippen molar-refractivity contribution in [3.8, 4) is 0 Å².